The SMILES string of the molecule is O=CN(Cc1ccccc1)C(C1CCOCC1)C(O)C(=O)NCC1CC1. The fourth-order valence-electron chi connectivity index (χ4n) is 3.60. The largest absolute Gasteiger partial charge is 0.381 e. The van der Waals surface area contributed by atoms with Crippen LogP contribution in [0.3, 0.4) is 0 Å². The molecule has 3 rings (SSSR count). The van der Waals surface area contributed by atoms with E-state index in [2.05, 4.69) is 5.32 Å². The maximum absolute atomic E-state index is 12.5. The third-order valence-electron chi connectivity index (χ3n) is 5.33. The van der Waals surface area contributed by atoms with Gasteiger partial charge in [-0.15, -0.1) is 0 Å². The molecule has 1 saturated heterocycles. The van der Waals surface area contributed by atoms with Gasteiger partial charge in [-0.1, -0.05) is 30.3 Å². The second-order valence-corrected chi connectivity index (χ2v) is 7.34. The van der Waals surface area contributed by atoms with Gasteiger partial charge in [0.15, 0.2) is 6.10 Å². The highest BCUT2D eigenvalue weighted by Crippen LogP contribution is 2.28. The van der Waals surface area contributed by atoms with Crippen LogP contribution in [0.2, 0.25) is 0 Å². The van der Waals surface area contributed by atoms with Crippen molar-refractivity contribution in [2.45, 2.75) is 44.4 Å². The van der Waals surface area contributed by atoms with Crippen LogP contribution in [-0.2, 0) is 20.9 Å². The zero-order valence-corrected chi connectivity index (χ0v) is 15.0. The summed E-state index contributed by atoms with van der Waals surface area (Å²) < 4.78 is 5.42. The first-order valence-electron chi connectivity index (χ1n) is 9.47. The van der Waals surface area contributed by atoms with E-state index in [0.29, 0.717) is 32.2 Å². The number of aliphatic hydroxyl groups is 1. The van der Waals surface area contributed by atoms with Crippen molar-refractivity contribution in [1.82, 2.24) is 10.2 Å². The summed E-state index contributed by atoms with van der Waals surface area (Å²) in [5.41, 5.74) is 0.974. The molecule has 6 heteroatoms. The van der Waals surface area contributed by atoms with E-state index in [4.69, 9.17) is 4.74 Å². The summed E-state index contributed by atoms with van der Waals surface area (Å²) >= 11 is 0. The van der Waals surface area contributed by atoms with Crippen LogP contribution in [-0.4, -0.2) is 54.2 Å². The Labute approximate surface area is 154 Å². The first-order chi connectivity index (χ1) is 12.7. The van der Waals surface area contributed by atoms with Crippen LogP contribution in [0.5, 0.6) is 0 Å². The van der Waals surface area contributed by atoms with Crippen molar-refractivity contribution in [3.05, 3.63) is 35.9 Å². The molecule has 1 heterocycles. The number of hydrogen-bond acceptors (Lipinski definition) is 4. The third-order valence-corrected chi connectivity index (χ3v) is 5.33. The second kappa shape index (κ2) is 9.14. The number of aliphatic hydroxyl groups excluding tert-OH is 1. The highest BCUT2D eigenvalue weighted by Gasteiger charge is 2.38. The average molecular weight is 360 g/mol. The van der Waals surface area contributed by atoms with Crippen molar-refractivity contribution >= 4 is 12.3 Å². The summed E-state index contributed by atoms with van der Waals surface area (Å²) in [6.07, 6.45) is 3.26. The Morgan fingerprint density at radius 3 is 2.54 bits per heavy atom. The van der Waals surface area contributed by atoms with Gasteiger partial charge in [0.1, 0.15) is 0 Å². The molecule has 2 atom stereocenters. The average Bonchev–Trinajstić information content (AvgIpc) is 3.51. The number of carbonyl (C=O) groups is 2. The molecule has 1 aromatic carbocycles. The maximum atomic E-state index is 12.5. The molecular formula is C20H28N2O4. The predicted molar refractivity (Wildman–Crippen MR) is 97.1 cm³/mol. The van der Waals surface area contributed by atoms with Crippen LogP contribution in [0.15, 0.2) is 30.3 Å². The van der Waals surface area contributed by atoms with Gasteiger partial charge in [0.05, 0.1) is 6.04 Å². The molecule has 0 spiro atoms. The van der Waals surface area contributed by atoms with Gasteiger partial charge >= 0.3 is 0 Å². The van der Waals surface area contributed by atoms with Gasteiger partial charge in [0.2, 0.25) is 6.41 Å². The first kappa shape index (κ1) is 18.9. The van der Waals surface area contributed by atoms with E-state index in [0.717, 1.165) is 37.7 Å². The standard InChI is InChI=1S/C20H28N2O4/c23-14-22(13-16-4-2-1-3-5-16)18(17-8-10-26-11-9-17)19(24)20(25)21-12-15-6-7-15/h1-5,14-15,17-19,24H,6-13H2,(H,21,25). The van der Waals surface area contributed by atoms with E-state index in [1.807, 2.05) is 30.3 Å². The molecule has 2 fully saturated rings. The van der Waals surface area contributed by atoms with Crippen molar-refractivity contribution in [2.75, 3.05) is 19.8 Å². The van der Waals surface area contributed by atoms with Gasteiger partial charge in [-0.25, -0.2) is 0 Å². The molecule has 26 heavy (non-hydrogen) atoms. The van der Waals surface area contributed by atoms with Gasteiger partial charge in [-0.3, -0.25) is 9.59 Å². The lowest BCUT2D eigenvalue weighted by Gasteiger charge is -2.39. The second-order valence-electron chi connectivity index (χ2n) is 7.34. The van der Waals surface area contributed by atoms with E-state index in [1.54, 1.807) is 4.90 Å². The Morgan fingerprint density at radius 1 is 1.23 bits per heavy atom. The Balaban J connectivity index is 1.73. The smallest absolute Gasteiger partial charge is 0.251 e. The molecule has 1 saturated carbocycles. The van der Waals surface area contributed by atoms with E-state index >= 15 is 0 Å². The molecule has 0 radical (unpaired) electrons. The van der Waals surface area contributed by atoms with Crippen molar-refractivity contribution in [1.29, 1.82) is 0 Å². The minimum atomic E-state index is -1.23. The molecule has 2 amide bonds. The first-order valence-corrected chi connectivity index (χ1v) is 9.47. The zero-order valence-electron chi connectivity index (χ0n) is 15.0. The minimum Gasteiger partial charge on any atom is -0.381 e. The molecule has 0 aromatic heterocycles. The summed E-state index contributed by atoms with van der Waals surface area (Å²) in [5, 5.41) is 13.6. The fraction of sp³-hybridized carbons (Fsp3) is 0.600. The highest BCUT2D eigenvalue weighted by molar-refractivity contribution is 5.81. The lowest BCUT2D eigenvalue weighted by molar-refractivity contribution is -0.140. The number of amides is 2. The number of ether oxygens (including phenoxy) is 1. The van der Waals surface area contributed by atoms with Crippen molar-refractivity contribution in [2.24, 2.45) is 11.8 Å². The van der Waals surface area contributed by atoms with Crippen LogP contribution in [0.25, 0.3) is 0 Å². The highest BCUT2D eigenvalue weighted by atomic mass is 16.5. The third kappa shape index (κ3) is 5.05. The number of benzene rings is 1. The summed E-state index contributed by atoms with van der Waals surface area (Å²) in [4.78, 5) is 25.9. The summed E-state index contributed by atoms with van der Waals surface area (Å²) in [6, 6.07) is 9.09. The zero-order chi connectivity index (χ0) is 18.4. The monoisotopic (exact) mass is 360 g/mol. The Hall–Kier alpha value is -1.92. The topological polar surface area (TPSA) is 78.9 Å². The van der Waals surface area contributed by atoms with Crippen LogP contribution >= 0.6 is 0 Å². The van der Waals surface area contributed by atoms with Gasteiger partial charge in [-0.05, 0) is 43.1 Å². The quantitative estimate of drug-likeness (QED) is 0.651. The normalized spacial score (nSPS) is 20.2. The molecule has 2 N–H and O–H groups in total. The van der Waals surface area contributed by atoms with Crippen LogP contribution < -0.4 is 5.32 Å². The summed E-state index contributed by atoms with van der Waals surface area (Å²) in [7, 11) is 0. The van der Waals surface area contributed by atoms with Crippen LogP contribution in [0, 0.1) is 11.8 Å². The number of carbonyl (C=O) groups excluding carboxylic acids is 2. The fourth-order valence-corrected chi connectivity index (χ4v) is 3.60. The molecular weight excluding hydrogens is 332 g/mol. The van der Waals surface area contributed by atoms with Gasteiger partial charge in [0, 0.05) is 26.3 Å². The molecule has 1 aliphatic heterocycles. The van der Waals surface area contributed by atoms with Crippen molar-refractivity contribution in [3.63, 3.8) is 0 Å². The number of hydrogen-bond donors (Lipinski definition) is 2. The minimum absolute atomic E-state index is 0.0411. The Morgan fingerprint density at radius 2 is 1.92 bits per heavy atom. The number of nitrogens with zero attached hydrogens (tertiary/aromatic N) is 1. The van der Waals surface area contributed by atoms with Crippen LogP contribution in [0.1, 0.15) is 31.2 Å². The Bertz CT molecular complexity index is 585. The van der Waals surface area contributed by atoms with Crippen molar-refractivity contribution < 1.29 is 19.4 Å². The Kier molecular flexibility index (Phi) is 6.63. The van der Waals surface area contributed by atoms with Crippen LogP contribution in [0.4, 0.5) is 0 Å². The lowest BCUT2D eigenvalue weighted by atomic mass is 9.86. The van der Waals surface area contributed by atoms with E-state index in [9.17, 15) is 14.7 Å². The van der Waals surface area contributed by atoms with E-state index in [1.165, 1.54) is 0 Å². The number of rotatable bonds is 9. The predicted octanol–water partition coefficient (Wildman–Crippen LogP) is 1.33. The van der Waals surface area contributed by atoms with E-state index in [-0.39, 0.29) is 11.8 Å². The molecule has 142 valence electrons. The van der Waals surface area contributed by atoms with Gasteiger partial charge in [-0.2, -0.15) is 0 Å². The van der Waals surface area contributed by atoms with Crippen molar-refractivity contribution in [3.8, 4) is 0 Å². The molecule has 1 aromatic rings. The van der Waals surface area contributed by atoms with Gasteiger partial charge < -0.3 is 20.1 Å². The molecule has 0 bridgehead atoms. The molecule has 2 unspecified atom stereocenters. The lowest BCUT2D eigenvalue weighted by Crippen LogP contribution is -2.54. The molecule has 1 aliphatic carbocycles. The number of nitrogens with one attached hydrogen (secondary N) is 1. The maximum Gasteiger partial charge on any atom is 0.251 e. The molecule has 6 nitrogen and oxygen atoms in total. The molecule has 2 aliphatic rings. The summed E-state index contributed by atoms with van der Waals surface area (Å²) in [5.74, 6) is 0.201. The summed E-state index contributed by atoms with van der Waals surface area (Å²) in [6.45, 7) is 2.17. The van der Waals surface area contributed by atoms with E-state index < -0.39 is 12.1 Å². The van der Waals surface area contributed by atoms with Gasteiger partial charge in [0.25, 0.3) is 5.91 Å².